The minimum Gasteiger partial charge on any atom is -0.477 e. The average Bonchev–Trinajstić information content (AvgIpc) is 3.03. The Morgan fingerprint density at radius 3 is 2.73 bits per heavy atom. The second-order valence-corrected chi connectivity index (χ2v) is 7.79. The molecule has 1 atom stereocenters. The number of amides is 1. The molecule has 0 unspecified atom stereocenters. The van der Waals surface area contributed by atoms with Crippen molar-refractivity contribution in [3.8, 4) is 0 Å². The smallest absolute Gasteiger partial charge is 0.341 e. The third kappa shape index (κ3) is 2.28. The Morgan fingerprint density at radius 2 is 2.08 bits per heavy atom. The molecule has 1 saturated heterocycles. The van der Waals surface area contributed by atoms with Crippen LogP contribution in [-0.2, 0) is 10.3 Å². The molecule has 0 saturated carbocycles. The molecule has 2 aromatic heterocycles. The number of nitrogens with zero attached hydrogens (tertiary/aromatic N) is 3. The maximum absolute atomic E-state index is 12.7. The average molecular weight is 356 g/mol. The number of hydrogen-bond donors (Lipinski definition) is 2. The van der Waals surface area contributed by atoms with Gasteiger partial charge >= 0.3 is 5.97 Å². The van der Waals surface area contributed by atoms with Crippen molar-refractivity contribution in [1.82, 2.24) is 9.55 Å². The first-order chi connectivity index (χ1) is 12.2. The largest absolute Gasteiger partial charge is 0.477 e. The Morgan fingerprint density at radius 1 is 1.35 bits per heavy atom. The van der Waals surface area contributed by atoms with Crippen LogP contribution in [0.25, 0.3) is 11.0 Å². The van der Waals surface area contributed by atoms with Gasteiger partial charge in [0, 0.05) is 18.3 Å². The lowest BCUT2D eigenvalue weighted by molar-refractivity contribution is -0.117. The molecule has 8 heteroatoms. The highest BCUT2D eigenvalue weighted by Crippen LogP contribution is 2.37. The molecule has 1 fully saturated rings. The molecule has 4 rings (SSSR count). The number of nitrogens with one attached hydrogen (secondary N) is 1. The van der Waals surface area contributed by atoms with Gasteiger partial charge in [-0.3, -0.25) is 9.59 Å². The summed E-state index contributed by atoms with van der Waals surface area (Å²) >= 11 is 0. The lowest BCUT2D eigenvalue weighted by Crippen LogP contribution is -2.44. The van der Waals surface area contributed by atoms with Crippen LogP contribution >= 0.6 is 0 Å². The fraction of sp³-hybridized carbons (Fsp3) is 0.444. The third-order valence-corrected chi connectivity index (χ3v) is 5.00. The van der Waals surface area contributed by atoms with E-state index >= 15 is 0 Å². The first kappa shape index (κ1) is 16.6. The van der Waals surface area contributed by atoms with Crippen LogP contribution in [0, 0.1) is 0 Å². The van der Waals surface area contributed by atoms with Crippen LogP contribution in [0.1, 0.15) is 44.0 Å². The molecule has 0 radical (unpaired) electrons. The van der Waals surface area contributed by atoms with Gasteiger partial charge in [0.25, 0.3) is 0 Å². The Kier molecular flexibility index (Phi) is 3.37. The monoisotopic (exact) mass is 356 g/mol. The van der Waals surface area contributed by atoms with Crippen LogP contribution in [0.5, 0.6) is 0 Å². The highest BCUT2D eigenvalue weighted by atomic mass is 16.4. The van der Waals surface area contributed by atoms with Crippen LogP contribution < -0.4 is 15.6 Å². The van der Waals surface area contributed by atoms with Crippen molar-refractivity contribution in [3.63, 3.8) is 0 Å². The first-order valence-corrected chi connectivity index (χ1v) is 8.60. The lowest BCUT2D eigenvalue weighted by Gasteiger charge is -2.33. The van der Waals surface area contributed by atoms with E-state index in [0.29, 0.717) is 17.2 Å². The molecule has 2 aromatic rings. The summed E-state index contributed by atoms with van der Waals surface area (Å²) in [6.07, 6.45) is 3.03. The summed E-state index contributed by atoms with van der Waals surface area (Å²) in [7, 11) is 0. The number of aromatic carboxylic acids is 1. The maximum atomic E-state index is 12.7. The number of carbonyl (C=O) groups excluding carboxylic acids is 1. The van der Waals surface area contributed by atoms with Crippen molar-refractivity contribution in [2.24, 2.45) is 0 Å². The molecule has 1 amide bonds. The van der Waals surface area contributed by atoms with Gasteiger partial charge < -0.3 is 19.9 Å². The standard InChI is InChI=1S/C18H20N4O4/c1-18(2,3)22-8-10(17(25)26)13(23)9-7-11-15(20-14(9)22)21-6-4-5-12(21)16(24)19-11/h7-8,12H,4-6H2,1-3H3,(H,19,24)(H,25,26)/t12-/m0/s1. The normalized spacial score (nSPS) is 19.3. The Bertz CT molecular complexity index is 1020. The second kappa shape index (κ2) is 5.30. The molecule has 0 aromatic carbocycles. The van der Waals surface area contributed by atoms with Gasteiger partial charge in [-0.25, -0.2) is 9.78 Å². The van der Waals surface area contributed by atoms with E-state index in [0.717, 1.165) is 19.4 Å². The predicted molar refractivity (Wildman–Crippen MR) is 97.0 cm³/mol. The number of hydrogen-bond acceptors (Lipinski definition) is 5. The number of carboxylic acids is 1. The van der Waals surface area contributed by atoms with Gasteiger partial charge in [-0.15, -0.1) is 0 Å². The zero-order valence-corrected chi connectivity index (χ0v) is 14.9. The van der Waals surface area contributed by atoms with E-state index in [2.05, 4.69) is 5.32 Å². The molecule has 0 aliphatic carbocycles. The highest BCUT2D eigenvalue weighted by molar-refractivity contribution is 6.05. The van der Waals surface area contributed by atoms with Gasteiger partial charge in [-0.05, 0) is 39.7 Å². The van der Waals surface area contributed by atoms with Crippen LogP contribution in [0.15, 0.2) is 17.1 Å². The Labute approximate surface area is 149 Å². The number of aromatic nitrogens is 2. The van der Waals surface area contributed by atoms with E-state index in [1.807, 2.05) is 25.7 Å². The van der Waals surface area contributed by atoms with E-state index < -0.39 is 16.9 Å². The minimum absolute atomic E-state index is 0.110. The van der Waals surface area contributed by atoms with Gasteiger partial charge in [-0.1, -0.05) is 0 Å². The van der Waals surface area contributed by atoms with Gasteiger partial charge in [0.1, 0.15) is 17.3 Å². The van der Waals surface area contributed by atoms with Gasteiger partial charge in [-0.2, -0.15) is 0 Å². The summed E-state index contributed by atoms with van der Waals surface area (Å²) in [4.78, 5) is 43.2. The molecule has 2 aliphatic rings. The van der Waals surface area contributed by atoms with Crippen molar-refractivity contribution >= 4 is 34.4 Å². The Balaban J connectivity index is 2.08. The molecular formula is C18H20N4O4. The highest BCUT2D eigenvalue weighted by Gasteiger charge is 2.38. The van der Waals surface area contributed by atoms with Crippen LogP contribution in [0.2, 0.25) is 0 Å². The van der Waals surface area contributed by atoms with E-state index in [9.17, 15) is 19.5 Å². The number of pyridine rings is 2. The van der Waals surface area contributed by atoms with E-state index in [-0.39, 0.29) is 22.9 Å². The molecular weight excluding hydrogens is 336 g/mol. The van der Waals surface area contributed by atoms with Gasteiger partial charge in [0.15, 0.2) is 5.82 Å². The maximum Gasteiger partial charge on any atom is 0.341 e. The third-order valence-electron chi connectivity index (χ3n) is 5.00. The minimum atomic E-state index is -1.28. The van der Waals surface area contributed by atoms with Crippen molar-refractivity contribution in [2.75, 3.05) is 16.8 Å². The number of carboxylic acid groups (broad SMARTS) is 1. The number of anilines is 2. The first-order valence-electron chi connectivity index (χ1n) is 8.60. The molecule has 2 aliphatic heterocycles. The molecule has 8 nitrogen and oxygen atoms in total. The summed E-state index contributed by atoms with van der Waals surface area (Å²) in [5.41, 5.74) is -0.495. The Hall–Kier alpha value is -2.90. The molecule has 26 heavy (non-hydrogen) atoms. The quantitative estimate of drug-likeness (QED) is 0.807. The number of fused-ring (bicyclic) bond motifs is 4. The zero-order valence-electron chi connectivity index (χ0n) is 14.9. The molecule has 0 bridgehead atoms. The SMILES string of the molecule is CC(C)(C)n1cc(C(=O)O)c(=O)c2cc3c(nc21)N1CCC[C@H]1C(=O)N3. The van der Waals surface area contributed by atoms with E-state index in [1.54, 1.807) is 10.6 Å². The predicted octanol–water partition coefficient (Wildman–Crippen LogP) is 1.77. The summed E-state index contributed by atoms with van der Waals surface area (Å²) in [5.74, 6) is -0.752. The summed E-state index contributed by atoms with van der Waals surface area (Å²) < 4.78 is 1.72. The van der Waals surface area contributed by atoms with Crippen molar-refractivity contribution in [2.45, 2.75) is 45.2 Å². The number of carbonyl (C=O) groups is 2. The van der Waals surface area contributed by atoms with Crippen LogP contribution in [-0.4, -0.2) is 39.1 Å². The lowest BCUT2D eigenvalue weighted by atomic mass is 10.1. The summed E-state index contributed by atoms with van der Waals surface area (Å²) in [5, 5.41) is 12.4. The van der Waals surface area contributed by atoms with Crippen molar-refractivity contribution in [3.05, 3.63) is 28.0 Å². The van der Waals surface area contributed by atoms with Gasteiger partial charge in [0.2, 0.25) is 11.3 Å². The fourth-order valence-corrected chi connectivity index (χ4v) is 3.72. The topological polar surface area (TPSA) is 105 Å². The molecule has 0 spiro atoms. The van der Waals surface area contributed by atoms with Crippen molar-refractivity contribution < 1.29 is 14.7 Å². The molecule has 2 N–H and O–H groups in total. The summed E-state index contributed by atoms with van der Waals surface area (Å²) in [6.45, 7) is 6.49. The van der Waals surface area contributed by atoms with Crippen LogP contribution in [0.3, 0.4) is 0 Å². The van der Waals surface area contributed by atoms with Crippen molar-refractivity contribution in [1.29, 1.82) is 0 Å². The second-order valence-electron chi connectivity index (χ2n) is 7.79. The fourth-order valence-electron chi connectivity index (χ4n) is 3.72. The van der Waals surface area contributed by atoms with E-state index in [4.69, 9.17) is 4.98 Å². The summed E-state index contributed by atoms with van der Waals surface area (Å²) in [6, 6.07) is 1.32. The van der Waals surface area contributed by atoms with E-state index in [1.165, 1.54) is 6.20 Å². The molecule has 4 heterocycles. The molecule has 136 valence electrons. The van der Waals surface area contributed by atoms with Crippen LogP contribution in [0.4, 0.5) is 11.5 Å². The zero-order chi connectivity index (χ0) is 18.8. The number of rotatable bonds is 1. The van der Waals surface area contributed by atoms with Gasteiger partial charge in [0.05, 0.1) is 11.1 Å².